The van der Waals surface area contributed by atoms with Crippen LogP contribution in [0.1, 0.15) is 13.8 Å². The Morgan fingerprint density at radius 3 is 2.32 bits per heavy atom. The number of sulfonamides is 1. The van der Waals surface area contributed by atoms with Crippen LogP contribution in [-0.4, -0.2) is 66.3 Å². The molecule has 3 rings (SSSR count). The summed E-state index contributed by atoms with van der Waals surface area (Å²) in [6.07, 6.45) is 0. The number of ether oxygens (including phenoxy) is 2. The summed E-state index contributed by atoms with van der Waals surface area (Å²) in [5, 5.41) is 0. The number of methoxy groups -OCH3 is 1. The third-order valence-electron chi connectivity index (χ3n) is 5.24. The number of nitrogens with zero attached hydrogens (tertiary/aromatic N) is 2. The highest BCUT2D eigenvalue weighted by Gasteiger charge is 2.20. The van der Waals surface area contributed by atoms with Gasteiger partial charge in [0.2, 0.25) is 10.0 Å². The van der Waals surface area contributed by atoms with Gasteiger partial charge in [-0.3, -0.25) is 4.90 Å². The Labute approximate surface area is 186 Å². The summed E-state index contributed by atoms with van der Waals surface area (Å²) in [7, 11) is -1.84. The van der Waals surface area contributed by atoms with Crippen molar-refractivity contribution < 1.29 is 17.9 Å². The molecule has 1 fully saturated rings. The topological polar surface area (TPSA) is 71.1 Å². The van der Waals surface area contributed by atoms with Gasteiger partial charge in [0.1, 0.15) is 11.5 Å². The average Bonchev–Trinajstić information content (AvgIpc) is 2.78. The Hall–Kier alpha value is -2.29. The molecule has 2 aromatic carbocycles. The van der Waals surface area contributed by atoms with Gasteiger partial charge in [-0.2, -0.15) is 0 Å². The van der Waals surface area contributed by atoms with Crippen molar-refractivity contribution in [3.05, 3.63) is 48.5 Å². The predicted octanol–water partition coefficient (Wildman–Crippen LogP) is 2.83. The van der Waals surface area contributed by atoms with Crippen molar-refractivity contribution in [1.29, 1.82) is 0 Å². The van der Waals surface area contributed by atoms with Gasteiger partial charge in [0, 0.05) is 39.3 Å². The van der Waals surface area contributed by atoms with Crippen LogP contribution in [0.2, 0.25) is 0 Å². The molecule has 1 aliphatic rings. The molecule has 8 heteroatoms. The van der Waals surface area contributed by atoms with Crippen LogP contribution in [0.4, 0.5) is 5.69 Å². The van der Waals surface area contributed by atoms with E-state index >= 15 is 0 Å². The van der Waals surface area contributed by atoms with E-state index in [4.69, 9.17) is 9.47 Å². The standard InChI is InChI=1S/C23H33N3O4S/c1-19(2)18-30-20-8-10-21(11-9-20)31(27,28)24-12-13-25-14-16-26(17-15-25)22-6-4-5-7-23(22)29-3/h4-11,19,24H,12-18H2,1-3H3. The lowest BCUT2D eigenvalue weighted by molar-refractivity contribution is 0.261. The van der Waals surface area contributed by atoms with E-state index in [1.807, 2.05) is 18.2 Å². The highest BCUT2D eigenvalue weighted by atomic mass is 32.2. The van der Waals surface area contributed by atoms with E-state index in [9.17, 15) is 8.42 Å². The zero-order valence-electron chi connectivity index (χ0n) is 18.6. The second-order valence-electron chi connectivity index (χ2n) is 8.07. The first kappa shape index (κ1) is 23.4. The molecule has 0 unspecified atom stereocenters. The fraction of sp³-hybridized carbons (Fsp3) is 0.478. The Morgan fingerprint density at radius 2 is 1.68 bits per heavy atom. The van der Waals surface area contributed by atoms with Crippen molar-refractivity contribution in [2.24, 2.45) is 5.92 Å². The maximum absolute atomic E-state index is 12.6. The van der Waals surface area contributed by atoms with Gasteiger partial charge in [0.15, 0.2) is 0 Å². The maximum atomic E-state index is 12.6. The minimum absolute atomic E-state index is 0.255. The van der Waals surface area contributed by atoms with E-state index in [1.165, 1.54) is 0 Å². The van der Waals surface area contributed by atoms with E-state index in [0.717, 1.165) is 37.6 Å². The fourth-order valence-corrected chi connectivity index (χ4v) is 4.52. The molecule has 7 nitrogen and oxygen atoms in total. The Morgan fingerprint density at radius 1 is 1.00 bits per heavy atom. The summed E-state index contributed by atoms with van der Waals surface area (Å²) in [5.41, 5.74) is 1.10. The molecule has 170 valence electrons. The molecular formula is C23H33N3O4S. The predicted molar refractivity (Wildman–Crippen MR) is 124 cm³/mol. The fourth-order valence-electron chi connectivity index (χ4n) is 3.50. The summed E-state index contributed by atoms with van der Waals surface area (Å²) >= 11 is 0. The molecular weight excluding hydrogens is 414 g/mol. The number of piperazine rings is 1. The van der Waals surface area contributed by atoms with Crippen LogP contribution in [-0.2, 0) is 10.0 Å². The average molecular weight is 448 g/mol. The summed E-state index contributed by atoms with van der Waals surface area (Å²) < 4.78 is 38.9. The van der Waals surface area contributed by atoms with Gasteiger partial charge >= 0.3 is 0 Å². The molecule has 0 amide bonds. The normalized spacial score (nSPS) is 15.3. The quantitative estimate of drug-likeness (QED) is 0.604. The zero-order valence-corrected chi connectivity index (χ0v) is 19.4. The highest BCUT2D eigenvalue weighted by Crippen LogP contribution is 2.28. The molecule has 0 aliphatic carbocycles. The summed E-state index contributed by atoms with van der Waals surface area (Å²) in [6, 6.07) is 14.6. The first-order valence-corrected chi connectivity index (χ1v) is 12.2. The van der Waals surface area contributed by atoms with Gasteiger partial charge < -0.3 is 14.4 Å². The molecule has 0 aromatic heterocycles. The maximum Gasteiger partial charge on any atom is 0.240 e. The molecule has 0 atom stereocenters. The third-order valence-corrected chi connectivity index (χ3v) is 6.71. The molecule has 1 N–H and O–H groups in total. The van der Waals surface area contributed by atoms with Crippen LogP contribution in [0.3, 0.4) is 0 Å². The first-order chi connectivity index (χ1) is 14.9. The lowest BCUT2D eigenvalue weighted by Crippen LogP contribution is -2.48. The van der Waals surface area contributed by atoms with E-state index < -0.39 is 10.0 Å². The van der Waals surface area contributed by atoms with Crippen molar-refractivity contribution in [2.75, 3.05) is 57.9 Å². The molecule has 1 saturated heterocycles. The molecule has 0 bridgehead atoms. The number of hydrogen-bond donors (Lipinski definition) is 1. The van der Waals surface area contributed by atoms with Crippen LogP contribution in [0.25, 0.3) is 0 Å². The molecule has 2 aromatic rings. The molecule has 31 heavy (non-hydrogen) atoms. The van der Waals surface area contributed by atoms with Crippen LogP contribution >= 0.6 is 0 Å². The lowest BCUT2D eigenvalue weighted by Gasteiger charge is -2.36. The van der Waals surface area contributed by atoms with E-state index in [2.05, 4.69) is 34.4 Å². The largest absolute Gasteiger partial charge is 0.495 e. The molecule has 0 saturated carbocycles. The van der Waals surface area contributed by atoms with Crippen molar-refractivity contribution in [2.45, 2.75) is 18.7 Å². The van der Waals surface area contributed by atoms with Crippen LogP contribution in [0, 0.1) is 5.92 Å². The first-order valence-electron chi connectivity index (χ1n) is 10.7. The Kier molecular flexibility index (Phi) is 8.17. The smallest absolute Gasteiger partial charge is 0.240 e. The van der Waals surface area contributed by atoms with Crippen LogP contribution in [0.5, 0.6) is 11.5 Å². The third kappa shape index (κ3) is 6.59. The molecule has 1 heterocycles. The van der Waals surface area contributed by atoms with Crippen LogP contribution in [0.15, 0.2) is 53.4 Å². The van der Waals surface area contributed by atoms with Crippen molar-refractivity contribution in [1.82, 2.24) is 9.62 Å². The van der Waals surface area contributed by atoms with E-state index in [0.29, 0.717) is 31.4 Å². The molecule has 1 aliphatic heterocycles. The van der Waals surface area contributed by atoms with E-state index in [1.54, 1.807) is 31.4 Å². The number of rotatable bonds is 10. The second-order valence-corrected chi connectivity index (χ2v) is 9.84. The number of nitrogens with one attached hydrogen (secondary N) is 1. The molecule has 0 radical (unpaired) electrons. The van der Waals surface area contributed by atoms with Crippen molar-refractivity contribution >= 4 is 15.7 Å². The Bertz CT molecular complexity index is 924. The summed E-state index contributed by atoms with van der Waals surface area (Å²) in [4.78, 5) is 4.84. The molecule has 0 spiro atoms. The van der Waals surface area contributed by atoms with Crippen molar-refractivity contribution in [3.8, 4) is 11.5 Å². The van der Waals surface area contributed by atoms with Crippen LogP contribution < -0.4 is 19.1 Å². The number of hydrogen-bond acceptors (Lipinski definition) is 6. The van der Waals surface area contributed by atoms with Crippen molar-refractivity contribution in [3.63, 3.8) is 0 Å². The SMILES string of the molecule is COc1ccccc1N1CCN(CCNS(=O)(=O)c2ccc(OCC(C)C)cc2)CC1. The van der Waals surface area contributed by atoms with Gasteiger partial charge in [-0.1, -0.05) is 26.0 Å². The number of benzene rings is 2. The van der Waals surface area contributed by atoms with Gasteiger partial charge in [-0.25, -0.2) is 13.1 Å². The second kappa shape index (κ2) is 10.8. The number of anilines is 1. The highest BCUT2D eigenvalue weighted by molar-refractivity contribution is 7.89. The summed E-state index contributed by atoms with van der Waals surface area (Å²) in [6.45, 7) is 9.31. The minimum atomic E-state index is -3.53. The summed E-state index contributed by atoms with van der Waals surface area (Å²) in [5.74, 6) is 1.98. The minimum Gasteiger partial charge on any atom is -0.495 e. The van der Waals surface area contributed by atoms with Gasteiger partial charge in [-0.05, 0) is 42.3 Å². The zero-order chi connectivity index (χ0) is 22.3. The Balaban J connectivity index is 1.45. The van der Waals surface area contributed by atoms with Gasteiger partial charge in [0.25, 0.3) is 0 Å². The number of para-hydroxylation sites is 2. The van der Waals surface area contributed by atoms with Gasteiger partial charge in [-0.15, -0.1) is 0 Å². The lowest BCUT2D eigenvalue weighted by atomic mass is 10.2. The van der Waals surface area contributed by atoms with E-state index in [-0.39, 0.29) is 4.90 Å². The monoisotopic (exact) mass is 447 g/mol. The van der Waals surface area contributed by atoms with Gasteiger partial charge in [0.05, 0.1) is 24.3 Å².